The van der Waals surface area contributed by atoms with Gasteiger partial charge in [0.15, 0.2) is 5.65 Å². The Labute approximate surface area is 156 Å². The molecule has 1 saturated carbocycles. The van der Waals surface area contributed by atoms with E-state index in [1.165, 1.54) is 18.3 Å². The summed E-state index contributed by atoms with van der Waals surface area (Å²) in [5, 5.41) is 4.05. The van der Waals surface area contributed by atoms with Crippen LogP contribution in [-0.4, -0.2) is 32.5 Å². The standard InChI is InChI=1S/C18H16F4N4O2/c1-2-28-17-23-15-12(16(27)24-17)8-26(25-15)14-11(7-18(20,21)22)5-10(6-13(14)19)9-3-4-9/h5-6,8-9H,2-4,7H2,1H3,(H,23,24,25,27). The largest absolute Gasteiger partial charge is 0.465 e. The maximum atomic E-state index is 14.8. The molecule has 2 heterocycles. The van der Waals surface area contributed by atoms with Gasteiger partial charge < -0.3 is 4.74 Å². The second-order valence-corrected chi connectivity index (χ2v) is 6.69. The molecule has 4 rings (SSSR count). The van der Waals surface area contributed by atoms with E-state index in [0.29, 0.717) is 5.56 Å². The van der Waals surface area contributed by atoms with Crippen molar-refractivity contribution in [2.24, 2.45) is 0 Å². The molecule has 0 radical (unpaired) electrons. The Balaban J connectivity index is 1.87. The van der Waals surface area contributed by atoms with Crippen LogP contribution in [0.25, 0.3) is 16.7 Å². The highest BCUT2D eigenvalue weighted by molar-refractivity contribution is 5.73. The molecular weight excluding hydrogens is 380 g/mol. The van der Waals surface area contributed by atoms with Crippen LogP contribution in [0.3, 0.4) is 0 Å². The van der Waals surface area contributed by atoms with Crippen molar-refractivity contribution in [1.29, 1.82) is 0 Å². The van der Waals surface area contributed by atoms with Crippen LogP contribution in [0.2, 0.25) is 0 Å². The lowest BCUT2D eigenvalue weighted by atomic mass is 10.0. The summed E-state index contributed by atoms with van der Waals surface area (Å²) in [6.45, 7) is 1.95. The van der Waals surface area contributed by atoms with Gasteiger partial charge in [0.05, 0.1) is 13.0 Å². The number of H-pyrrole nitrogens is 1. The van der Waals surface area contributed by atoms with Crippen molar-refractivity contribution in [3.05, 3.63) is 45.6 Å². The van der Waals surface area contributed by atoms with E-state index in [9.17, 15) is 22.4 Å². The molecule has 0 bridgehead atoms. The molecule has 28 heavy (non-hydrogen) atoms. The molecule has 0 aliphatic heterocycles. The van der Waals surface area contributed by atoms with Gasteiger partial charge in [0.2, 0.25) is 0 Å². The first kappa shape index (κ1) is 18.5. The summed E-state index contributed by atoms with van der Waals surface area (Å²) < 4.78 is 60.2. The molecule has 0 atom stereocenters. The van der Waals surface area contributed by atoms with E-state index < -0.39 is 24.0 Å². The van der Waals surface area contributed by atoms with E-state index in [1.54, 1.807) is 6.92 Å². The number of fused-ring (bicyclic) bond motifs is 1. The number of hydrogen-bond donors (Lipinski definition) is 1. The van der Waals surface area contributed by atoms with Crippen molar-refractivity contribution in [3.8, 4) is 11.7 Å². The van der Waals surface area contributed by atoms with Gasteiger partial charge in [0.25, 0.3) is 11.6 Å². The first-order chi connectivity index (χ1) is 13.2. The topological polar surface area (TPSA) is 72.8 Å². The Morgan fingerprint density at radius 3 is 2.71 bits per heavy atom. The van der Waals surface area contributed by atoms with Crippen LogP contribution < -0.4 is 10.3 Å². The summed E-state index contributed by atoms with van der Waals surface area (Å²) in [4.78, 5) is 18.6. The Bertz CT molecular complexity index is 1100. The zero-order valence-electron chi connectivity index (χ0n) is 14.8. The first-order valence-electron chi connectivity index (χ1n) is 8.77. The van der Waals surface area contributed by atoms with Crippen LogP contribution >= 0.6 is 0 Å². The van der Waals surface area contributed by atoms with Crippen LogP contribution in [0.5, 0.6) is 6.01 Å². The molecule has 1 fully saturated rings. The number of hydrogen-bond acceptors (Lipinski definition) is 4. The molecule has 2 aromatic heterocycles. The number of benzene rings is 1. The molecule has 1 aliphatic rings. The van der Waals surface area contributed by atoms with Crippen LogP contribution in [0.1, 0.15) is 36.8 Å². The number of alkyl halides is 3. The van der Waals surface area contributed by atoms with Gasteiger partial charge in [-0.3, -0.25) is 9.78 Å². The van der Waals surface area contributed by atoms with Gasteiger partial charge in [-0.1, -0.05) is 6.07 Å². The van der Waals surface area contributed by atoms with Crippen molar-refractivity contribution in [2.75, 3.05) is 6.61 Å². The first-order valence-corrected chi connectivity index (χ1v) is 8.77. The molecule has 1 N–H and O–H groups in total. The van der Waals surface area contributed by atoms with E-state index in [1.807, 2.05) is 0 Å². The van der Waals surface area contributed by atoms with Gasteiger partial charge in [0.1, 0.15) is 16.9 Å². The maximum Gasteiger partial charge on any atom is 0.393 e. The molecular formula is C18H16F4N4O2. The summed E-state index contributed by atoms with van der Waals surface area (Å²) in [6, 6.07) is 2.55. The number of halogens is 4. The van der Waals surface area contributed by atoms with Gasteiger partial charge in [-0.2, -0.15) is 18.2 Å². The Kier molecular flexibility index (Phi) is 4.35. The van der Waals surface area contributed by atoms with Gasteiger partial charge in [-0.05, 0) is 42.9 Å². The molecule has 3 aromatic rings. The zero-order chi connectivity index (χ0) is 20.1. The summed E-state index contributed by atoms with van der Waals surface area (Å²) in [7, 11) is 0. The van der Waals surface area contributed by atoms with Gasteiger partial charge in [-0.15, -0.1) is 5.10 Å². The molecule has 6 nitrogen and oxygen atoms in total. The molecule has 10 heteroatoms. The van der Waals surface area contributed by atoms with Crippen molar-refractivity contribution >= 4 is 11.0 Å². The van der Waals surface area contributed by atoms with Gasteiger partial charge in [-0.25, -0.2) is 9.07 Å². The Hall–Kier alpha value is -2.91. The fraction of sp³-hybridized carbons (Fsp3) is 0.389. The highest BCUT2D eigenvalue weighted by Crippen LogP contribution is 2.42. The molecule has 0 spiro atoms. The van der Waals surface area contributed by atoms with Crippen molar-refractivity contribution in [2.45, 2.75) is 38.3 Å². The summed E-state index contributed by atoms with van der Waals surface area (Å²) in [5.41, 5.74) is -0.643. The predicted octanol–water partition coefficient (Wildman–Crippen LogP) is 3.63. The minimum absolute atomic E-state index is 0.0204. The quantitative estimate of drug-likeness (QED) is 0.669. The second-order valence-electron chi connectivity index (χ2n) is 6.69. The predicted molar refractivity (Wildman–Crippen MR) is 92.3 cm³/mol. The smallest absolute Gasteiger partial charge is 0.393 e. The Morgan fingerprint density at radius 2 is 2.07 bits per heavy atom. The molecule has 148 valence electrons. The maximum absolute atomic E-state index is 14.8. The molecule has 0 unspecified atom stereocenters. The fourth-order valence-electron chi connectivity index (χ4n) is 3.15. The number of ether oxygens (including phenoxy) is 1. The third-order valence-electron chi connectivity index (χ3n) is 4.48. The summed E-state index contributed by atoms with van der Waals surface area (Å²) in [6.07, 6.45) is -2.99. The number of nitrogens with zero attached hydrogens (tertiary/aromatic N) is 3. The molecule has 0 saturated heterocycles. The zero-order valence-corrected chi connectivity index (χ0v) is 14.8. The number of nitrogens with one attached hydrogen (secondary N) is 1. The second kappa shape index (κ2) is 6.61. The Morgan fingerprint density at radius 1 is 1.32 bits per heavy atom. The van der Waals surface area contributed by atoms with Crippen molar-refractivity contribution in [3.63, 3.8) is 0 Å². The fourth-order valence-corrected chi connectivity index (χ4v) is 3.15. The highest BCUT2D eigenvalue weighted by Gasteiger charge is 2.33. The van der Waals surface area contributed by atoms with E-state index in [4.69, 9.17) is 4.74 Å². The molecule has 1 aliphatic carbocycles. The third kappa shape index (κ3) is 3.58. The average Bonchev–Trinajstić information content (AvgIpc) is 3.34. The summed E-state index contributed by atoms with van der Waals surface area (Å²) in [5.74, 6) is -0.733. The minimum atomic E-state index is -4.52. The number of aromatic amines is 1. The van der Waals surface area contributed by atoms with Gasteiger partial charge >= 0.3 is 6.18 Å². The van der Waals surface area contributed by atoms with Crippen molar-refractivity contribution in [1.82, 2.24) is 19.7 Å². The number of aromatic nitrogens is 4. The lowest BCUT2D eigenvalue weighted by Gasteiger charge is -2.14. The van der Waals surface area contributed by atoms with Gasteiger partial charge in [0, 0.05) is 6.20 Å². The van der Waals surface area contributed by atoms with Crippen molar-refractivity contribution < 1.29 is 22.3 Å². The monoisotopic (exact) mass is 396 g/mol. The van der Waals surface area contributed by atoms with E-state index in [-0.39, 0.29) is 40.8 Å². The summed E-state index contributed by atoms with van der Waals surface area (Å²) >= 11 is 0. The molecule has 1 aromatic carbocycles. The lowest BCUT2D eigenvalue weighted by molar-refractivity contribution is -0.127. The average molecular weight is 396 g/mol. The number of rotatable bonds is 5. The molecule has 0 amide bonds. The van der Waals surface area contributed by atoms with Crippen LogP contribution in [0.15, 0.2) is 23.1 Å². The van der Waals surface area contributed by atoms with E-state index >= 15 is 0 Å². The lowest BCUT2D eigenvalue weighted by Crippen LogP contribution is -2.15. The third-order valence-corrected chi connectivity index (χ3v) is 4.48. The SMILES string of the molecule is CCOc1nc2nn(-c3c(F)cc(C4CC4)cc3CC(F)(F)F)cc2c(=O)[nH]1. The van der Waals surface area contributed by atoms with Crippen LogP contribution in [0, 0.1) is 5.82 Å². The van der Waals surface area contributed by atoms with Crippen LogP contribution in [-0.2, 0) is 6.42 Å². The minimum Gasteiger partial charge on any atom is -0.465 e. The van der Waals surface area contributed by atoms with E-state index in [2.05, 4.69) is 15.1 Å². The van der Waals surface area contributed by atoms with Crippen LogP contribution in [0.4, 0.5) is 17.6 Å². The normalized spacial score (nSPS) is 14.6. The highest BCUT2D eigenvalue weighted by atomic mass is 19.4. The van der Waals surface area contributed by atoms with E-state index in [0.717, 1.165) is 17.5 Å².